The lowest BCUT2D eigenvalue weighted by Crippen LogP contribution is -2.25. The first-order valence-corrected chi connectivity index (χ1v) is 8.63. The summed E-state index contributed by atoms with van der Waals surface area (Å²) in [5.41, 5.74) is 3.82. The number of fused-ring (bicyclic) bond motifs is 4. The highest BCUT2D eigenvalue weighted by atomic mass is 32.1. The molecular weight excluding hydrogens is 322 g/mol. The summed E-state index contributed by atoms with van der Waals surface area (Å²) in [6.45, 7) is 5.69. The number of hydrogen-bond acceptors (Lipinski definition) is 6. The standard InChI is InChI=1S/C18H15N3O2S/c1-3-21(4-2)13-9-12-14(16-15(13)19-24-20-16)18(23)11-8-6-5-7-10(11)17(12)22/h5-9H,3-4H2,1-2H3. The van der Waals surface area contributed by atoms with Crippen LogP contribution in [0, 0.1) is 0 Å². The second-order valence-electron chi connectivity index (χ2n) is 5.66. The Morgan fingerprint density at radius 1 is 0.917 bits per heavy atom. The Bertz CT molecular complexity index is 989. The molecule has 0 bridgehead atoms. The fourth-order valence-corrected chi connectivity index (χ4v) is 3.86. The molecule has 0 saturated heterocycles. The van der Waals surface area contributed by atoms with E-state index >= 15 is 0 Å². The largest absolute Gasteiger partial charge is 0.370 e. The van der Waals surface area contributed by atoms with Crippen LogP contribution in [0.2, 0.25) is 0 Å². The molecule has 6 heteroatoms. The Morgan fingerprint density at radius 3 is 2.21 bits per heavy atom. The highest BCUT2D eigenvalue weighted by molar-refractivity contribution is 7.00. The maximum atomic E-state index is 13.0. The Balaban J connectivity index is 2.06. The number of ketones is 2. The van der Waals surface area contributed by atoms with Crippen LogP contribution >= 0.6 is 11.7 Å². The Kier molecular flexibility index (Phi) is 3.42. The van der Waals surface area contributed by atoms with Gasteiger partial charge in [0.2, 0.25) is 0 Å². The zero-order chi connectivity index (χ0) is 16.8. The van der Waals surface area contributed by atoms with Gasteiger partial charge in [-0.1, -0.05) is 24.3 Å². The highest BCUT2D eigenvalue weighted by Crippen LogP contribution is 2.36. The molecule has 1 aromatic heterocycles. The van der Waals surface area contributed by atoms with Gasteiger partial charge in [0.25, 0.3) is 0 Å². The third-order valence-corrected chi connectivity index (χ3v) is 5.04. The van der Waals surface area contributed by atoms with Crippen LogP contribution in [-0.2, 0) is 0 Å². The van der Waals surface area contributed by atoms with Gasteiger partial charge in [0.1, 0.15) is 11.0 Å². The fourth-order valence-electron chi connectivity index (χ4n) is 3.30. The van der Waals surface area contributed by atoms with E-state index in [9.17, 15) is 9.59 Å². The van der Waals surface area contributed by atoms with Crippen molar-refractivity contribution in [3.8, 4) is 0 Å². The molecule has 0 atom stereocenters. The number of aromatic nitrogens is 2. The van der Waals surface area contributed by atoms with Gasteiger partial charge in [-0.25, -0.2) is 0 Å². The van der Waals surface area contributed by atoms with E-state index in [0.29, 0.717) is 33.3 Å². The average molecular weight is 337 g/mol. The summed E-state index contributed by atoms with van der Waals surface area (Å²) in [6, 6.07) is 8.77. The van der Waals surface area contributed by atoms with Gasteiger partial charge in [-0.2, -0.15) is 8.75 Å². The van der Waals surface area contributed by atoms with Crippen LogP contribution in [0.3, 0.4) is 0 Å². The molecule has 1 heterocycles. The topological polar surface area (TPSA) is 63.2 Å². The fraction of sp³-hybridized carbons (Fsp3) is 0.222. The molecule has 5 nitrogen and oxygen atoms in total. The number of benzene rings is 2. The molecule has 0 fully saturated rings. The van der Waals surface area contributed by atoms with Crippen molar-refractivity contribution in [1.29, 1.82) is 0 Å². The predicted octanol–water partition coefficient (Wildman–Crippen LogP) is 3.31. The highest BCUT2D eigenvalue weighted by Gasteiger charge is 2.33. The van der Waals surface area contributed by atoms with Crippen LogP contribution in [0.1, 0.15) is 45.7 Å². The Hall–Kier alpha value is -2.60. The normalized spacial score (nSPS) is 13.1. The van der Waals surface area contributed by atoms with Gasteiger partial charge in [0.05, 0.1) is 23.0 Å². The number of anilines is 1. The van der Waals surface area contributed by atoms with E-state index in [-0.39, 0.29) is 11.6 Å². The van der Waals surface area contributed by atoms with Crippen molar-refractivity contribution in [3.63, 3.8) is 0 Å². The summed E-state index contributed by atoms with van der Waals surface area (Å²) >= 11 is 1.07. The van der Waals surface area contributed by atoms with Crippen LogP contribution in [-0.4, -0.2) is 33.4 Å². The molecule has 24 heavy (non-hydrogen) atoms. The number of hydrogen-bond donors (Lipinski definition) is 0. The molecule has 120 valence electrons. The maximum Gasteiger partial charge on any atom is 0.196 e. The van der Waals surface area contributed by atoms with Gasteiger partial charge in [0, 0.05) is 29.8 Å². The SMILES string of the molecule is CCN(CC)c1cc2c(c3nsnc13)C(=O)c1ccccc1C2=O. The predicted molar refractivity (Wildman–Crippen MR) is 94.3 cm³/mol. The van der Waals surface area contributed by atoms with Crippen LogP contribution in [0.25, 0.3) is 11.0 Å². The van der Waals surface area contributed by atoms with E-state index in [1.807, 2.05) is 6.07 Å². The third kappa shape index (κ3) is 1.93. The minimum absolute atomic E-state index is 0.122. The monoisotopic (exact) mass is 337 g/mol. The number of rotatable bonds is 3. The van der Waals surface area contributed by atoms with Crippen molar-refractivity contribution >= 4 is 40.0 Å². The molecule has 0 unspecified atom stereocenters. The molecule has 0 radical (unpaired) electrons. The summed E-state index contributed by atoms with van der Waals surface area (Å²) in [5.74, 6) is -0.271. The maximum absolute atomic E-state index is 13.0. The molecule has 2 aromatic carbocycles. The number of carbonyl (C=O) groups excluding carboxylic acids is 2. The van der Waals surface area contributed by atoms with Gasteiger partial charge in [-0.05, 0) is 19.9 Å². The Morgan fingerprint density at radius 2 is 1.54 bits per heavy atom. The van der Waals surface area contributed by atoms with Gasteiger partial charge in [0.15, 0.2) is 11.6 Å². The summed E-state index contributed by atoms with van der Waals surface area (Å²) in [4.78, 5) is 28.0. The van der Waals surface area contributed by atoms with Gasteiger partial charge < -0.3 is 4.90 Å². The molecule has 3 aromatic rings. The van der Waals surface area contributed by atoms with Crippen molar-refractivity contribution in [3.05, 3.63) is 52.6 Å². The van der Waals surface area contributed by atoms with Crippen molar-refractivity contribution in [2.45, 2.75) is 13.8 Å². The number of nitrogens with zero attached hydrogens (tertiary/aromatic N) is 3. The summed E-state index contributed by atoms with van der Waals surface area (Å²) < 4.78 is 8.72. The molecule has 4 rings (SSSR count). The van der Waals surface area contributed by atoms with Crippen LogP contribution in [0.5, 0.6) is 0 Å². The van der Waals surface area contributed by atoms with Gasteiger partial charge >= 0.3 is 0 Å². The van der Waals surface area contributed by atoms with Gasteiger partial charge in [-0.15, -0.1) is 0 Å². The summed E-state index contributed by atoms with van der Waals surface area (Å²) in [5, 5.41) is 0. The average Bonchev–Trinajstić information content (AvgIpc) is 3.10. The van der Waals surface area contributed by atoms with Crippen molar-refractivity contribution in [2.24, 2.45) is 0 Å². The lowest BCUT2D eigenvalue weighted by Gasteiger charge is -2.24. The Labute approximate surface area is 143 Å². The first kappa shape index (κ1) is 15.0. The molecule has 0 N–H and O–H groups in total. The van der Waals surface area contributed by atoms with E-state index < -0.39 is 0 Å². The molecule has 0 spiro atoms. The van der Waals surface area contributed by atoms with Crippen molar-refractivity contribution in [1.82, 2.24) is 8.75 Å². The lowest BCUT2D eigenvalue weighted by molar-refractivity contribution is 0.0980. The smallest absolute Gasteiger partial charge is 0.196 e. The molecule has 1 aliphatic rings. The molecule has 1 aliphatic carbocycles. The molecular formula is C18H15N3O2S. The van der Waals surface area contributed by atoms with Crippen LogP contribution in [0.15, 0.2) is 30.3 Å². The molecule has 0 amide bonds. The van der Waals surface area contributed by atoms with E-state index in [1.54, 1.807) is 24.3 Å². The molecule has 0 saturated carbocycles. The third-order valence-electron chi connectivity index (χ3n) is 4.51. The molecule has 0 aliphatic heterocycles. The first-order valence-electron chi connectivity index (χ1n) is 7.90. The van der Waals surface area contributed by atoms with Crippen LogP contribution < -0.4 is 4.90 Å². The van der Waals surface area contributed by atoms with Gasteiger partial charge in [-0.3, -0.25) is 9.59 Å². The second-order valence-corrected chi connectivity index (χ2v) is 6.18. The van der Waals surface area contributed by atoms with E-state index in [4.69, 9.17) is 0 Å². The minimum atomic E-state index is -0.149. The lowest BCUT2D eigenvalue weighted by atomic mass is 9.83. The van der Waals surface area contributed by atoms with Crippen molar-refractivity contribution in [2.75, 3.05) is 18.0 Å². The van der Waals surface area contributed by atoms with Crippen molar-refractivity contribution < 1.29 is 9.59 Å². The first-order chi connectivity index (χ1) is 11.7. The summed E-state index contributed by atoms with van der Waals surface area (Å²) in [7, 11) is 0. The summed E-state index contributed by atoms with van der Waals surface area (Å²) in [6.07, 6.45) is 0. The van der Waals surface area contributed by atoms with E-state index in [2.05, 4.69) is 27.5 Å². The minimum Gasteiger partial charge on any atom is -0.370 e. The zero-order valence-corrected chi connectivity index (χ0v) is 14.2. The zero-order valence-electron chi connectivity index (χ0n) is 13.4. The van der Waals surface area contributed by atoms with E-state index in [1.165, 1.54) is 0 Å². The van der Waals surface area contributed by atoms with E-state index in [0.717, 1.165) is 30.5 Å². The quantitative estimate of drug-likeness (QED) is 0.574. The van der Waals surface area contributed by atoms with Crippen LogP contribution in [0.4, 0.5) is 5.69 Å². The number of carbonyl (C=O) groups is 2. The second kappa shape index (κ2) is 5.49.